The number of ether oxygens (including phenoxy) is 2. The van der Waals surface area contributed by atoms with Crippen molar-refractivity contribution >= 4 is 10.0 Å². The number of hydrogen-bond acceptors (Lipinski definition) is 5. The van der Waals surface area contributed by atoms with E-state index in [9.17, 15) is 8.42 Å². The smallest absolute Gasteiger partial charge is 0.211 e. The third kappa shape index (κ3) is 5.31. The summed E-state index contributed by atoms with van der Waals surface area (Å²) in [5.74, 6) is -0.503. The van der Waals surface area contributed by atoms with Crippen molar-refractivity contribution in [2.45, 2.75) is 38.5 Å². The van der Waals surface area contributed by atoms with E-state index in [4.69, 9.17) is 9.47 Å². The van der Waals surface area contributed by atoms with Crippen molar-refractivity contribution < 1.29 is 17.9 Å². The van der Waals surface area contributed by atoms with Crippen LogP contribution < -0.4 is 0 Å². The van der Waals surface area contributed by atoms with E-state index in [-0.39, 0.29) is 0 Å². The first kappa shape index (κ1) is 17.3. The van der Waals surface area contributed by atoms with E-state index in [1.54, 1.807) is 6.20 Å². The summed E-state index contributed by atoms with van der Waals surface area (Å²) in [6, 6.07) is 5.51. The van der Waals surface area contributed by atoms with Crippen LogP contribution >= 0.6 is 0 Å². The van der Waals surface area contributed by atoms with Gasteiger partial charge in [-0.3, -0.25) is 4.98 Å². The Kier molecular flexibility index (Phi) is 5.91. The van der Waals surface area contributed by atoms with Crippen molar-refractivity contribution in [2.75, 3.05) is 26.0 Å². The van der Waals surface area contributed by atoms with Gasteiger partial charge >= 0.3 is 0 Å². The highest BCUT2D eigenvalue weighted by Crippen LogP contribution is 2.24. The van der Waals surface area contributed by atoms with E-state index in [0.29, 0.717) is 26.3 Å². The minimum atomic E-state index is -3.25. The summed E-state index contributed by atoms with van der Waals surface area (Å²) in [6.07, 6.45) is 5.30. The second kappa shape index (κ2) is 7.50. The molecule has 2 heterocycles. The second-order valence-electron chi connectivity index (χ2n) is 5.71. The van der Waals surface area contributed by atoms with Crippen molar-refractivity contribution in [3.05, 3.63) is 30.1 Å². The van der Waals surface area contributed by atoms with Crippen molar-refractivity contribution in [3.63, 3.8) is 0 Å². The highest BCUT2D eigenvalue weighted by Gasteiger charge is 2.30. The minimum Gasteiger partial charge on any atom is -0.348 e. The molecule has 0 atom stereocenters. The maximum absolute atomic E-state index is 11.9. The van der Waals surface area contributed by atoms with Gasteiger partial charge in [-0.1, -0.05) is 6.07 Å². The van der Waals surface area contributed by atoms with Gasteiger partial charge in [0.15, 0.2) is 5.79 Å². The highest BCUT2D eigenvalue weighted by molar-refractivity contribution is 7.88. The fourth-order valence-corrected chi connectivity index (χ4v) is 3.30. The van der Waals surface area contributed by atoms with Gasteiger partial charge in [0, 0.05) is 19.2 Å². The Labute approximate surface area is 132 Å². The van der Waals surface area contributed by atoms with Gasteiger partial charge in [-0.2, -0.15) is 4.31 Å². The average Bonchev–Trinajstić information content (AvgIpc) is 2.89. The minimum absolute atomic E-state index is 0.309. The van der Waals surface area contributed by atoms with E-state index in [1.165, 1.54) is 10.6 Å². The molecule has 0 amide bonds. The van der Waals surface area contributed by atoms with Crippen LogP contribution in [0.4, 0.5) is 0 Å². The summed E-state index contributed by atoms with van der Waals surface area (Å²) in [7, 11) is -3.25. The Bertz CT molecular complexity index is 556. The molecular weight excluding hydrogens is 304 g/mol. The molecule has 0 saturated carbocycles. The average molecular weight is 328 g/mol. The maximum Gasteiger partial charge on any atom is 0.211 e. The number of pyridine rings is 1. The van der Waals surface area contributed by atoms with Crippen LogP contribution in [-0.4, -0.2) is 49.5 Å². The Balaban J connectivity index is 1.83. The fourth-order valence-electron chi connectivity index (χ4n) is 2.47. The summed E-state index contributed by atoms with van der Waals surface area (Å²) in [6.45, 7) is 3.98. The number of aromatic nitrogens is 1. The molecule has 22 heavy (non-hydrogen) atoms. The zero-order chi connectivity index (χ0) is 16.1. The van der Waals surface area contributed by atoms with Gasteiger partial charge in [-0.25, -0.2) is 8.42 Å². The quantitative estimate of drug-likeness (QED) is 0.680. The van der Waals surface area contributed by atoms with Gasteiger partial charge in [0.2, 0.25) is 10.0 Å². The number of hydrogen-bond donors (Lipinski definition) is 0. The number of unbranched alkanes of at least 4 members (excludes halogenated alkanes) is 1. The van der Waals surface area contributed by atoms with Gasteiger partial charge in [0.1, 0.15) is 0 Å². The lowest BCUT2D eigenvalue weighted by atomic mass is 10.1. The van der Waals surface area contributed by atoms with Crippen LogP contribution in [0.25, 0.3) is 0 Å². The SMILES string of the molecule is CC1(CCCCN(Cc2ccccn2)S(C)(=O)=O)OCCO1. The molecular formula is C15H24N2O4S. The van der Waals surface area contributed by atoms with Crippen molar-refractivity contribution in [1.29, 1.82) is 0 Å². The first-order chi connectivity index (χ1) is 10.4. The van der Waals surface area contributed by atoms with Gasteiger partial charge in [0.05, 0.1) is 31.7 Å². The van der Waals surface area contributed by atoms with Crippen LogP contribution in [-0.2, 0) is 26.0 Å². The first-order valence-electron chi connectivity index (χ1n) is 7.52. The molecule has 124 valence electrons. The van der Waals surface area contributed by atoms with E-state index in [2.05, 4.69) is 4.98 Å². The zero-order valence-corrected chi connectivity index (χ0v) is 14.0. The zero-order valence-electron chi connectivity index (χ0n) is 13.2. The molecule has 0 spiro atoms. The predicted octanol–water partition coefficient (Wildman–Crippen LogP) is 1.78. The van der Waals surface area contributed by atoms with Crippen LogP contribution in [0.2, 0.25) is 0 Å². The topological polar surface area (TPSA) is 68.7 Å². The fraction of sp³-hybridized carbons (Fsp3) is 0.667. The summed E-state index contributed by atoms with van der Waals surface area (Å²) in [5, 5.41) is 0. The van der Waals surface area contributed by atoms with Gasteiger partial charge in [-0.15, -0.1) is 0 Å². The van der Waals surface area contributed by atoms with Crippen LogP contribution in [0.15, 0.2) is 24.4 Å². The molecule has 1 aromatic rings. The van der Waals surface area contributed by atoms with Gasteiger partial charge < -0.3 is 9.47 Å². The normalized spacial score (nSPS) is 18.0. The number of sulfonamides is 1. The predicted molar refractivity (Wildman–Crippen MR) is 83.7 cm³/mol. The van der Waals surface area contributed by atoms with Crippen LogP contribution in [0.3, 0.4) is 0 Å². The van der Waals surface area contributed by atoms with Crippen LogP contribution in [0.1, 0.15) is 31.9 Å². The monoisotopic (exact) mass is 328 g/mol. The van der Waals surface area contributed by atoms with Crippen LogP contribution in [0.5, 0.6) is 0 Å². The molecule has 6 nitrogen and oxygen atoms in total. The number of nitrogens with zero attached hydrogens (tertiary/aromatic N) is 2. The Morgan fingerprint density at radius 1 is 1.27 bits per heavy atom. The Morgan fingerprint density at radius 3 is 2.59 bits per heavy atom. The molecule has 1 aromatic heterocycles. The summed E-state index contributed by atoms with van der Waals surface area (Å²) in [5.41, 5.74) is 0.752. The molecule has 0 N–H and O–H groups in total. The van der Waals surface area contributed by atoms with Gasteiger partial charge in [0.25, 0.3) is 0 Å². The number of rotatable bonds is 8. The maximum atomic E-state index is 11.9. The van der Waals surface area contributed by atoms with E-state index in [1.807, 2.05) is 25.1 Å². The second-order valence-corrected chi connectivity index (χ2v) is 7.69. The van der Waals surface area contributed by atoms with E-state index in [0.717, 1.165) is 25.0 Å². The lowest BCUT2D eigenvalue weighted by Gasteiger charge is -2.23. The lowest BCUT2D eigenvalue weighted by molar-refractivity contribution is -0.147. The highest BCUT2D eigenvalue weighted by atomic mass is 32.2. The van der Waals surface area contributed by atoms with Crippen molar-refractivity contribution in [2.24, 2.45) is 0 Å². The molecule has 0 bridgehead atoms. The molecule has 7 heteroatoms. The van der Waals surface area contributed by atoms with E-state index < -0.39 is 15.8 Å². The molecule has 1 aliphatic heterocycles. The van der Waals surface area contributed by atoms with Crippen LogP contribution in [0, 0.1) is 0 Å². The first-order valence-corrected chi connectivity index (χ1v) is 9.37. The molecule has 1 saturated heterocycles. The molecule has 2 rings (SSSR count). The largest absolute Gasteiger partial charge is 0.348 e. The molecule has 0 aromatic carbocycles. The third-order valence-electron chi connectivity index (χ3n) is 3.72. The summed E-state index contributed by atoms with van der Waals surface area (Å²) < 4.78 is 36.4. The molecule has 0 radical (unpaired) electrons. The summed E-state index contributed by atoms with van der Waals surface area (Å²) >= 11 is 0. The standard InChI is InChI=1S/C15H24N2O4S/c1-15(20-11-12-21-15)8-4-6-10-17(22(2,18)19)13-14-7-3-5-9-16-14/h3,5,7,9H,4,6,8,10-13H2,1-2H3. The Morgan fingerprint density at radius 2 is 2.00 bits per heavy atom. The van der Waals surface area contributed by atoms with Crippen molar-refractivity contribution in [3.8, 4) is 0 Å². The molecule has 1 aliphatic rings. The summed E-state index contributed by atoms with van der Waals surface area (Å²) in [4.78, 5) is 4.19. The van der Waals surface area contributed by atoms with Crippen molar-refractivity contribution in [1.82, 2.24) is 9.29 Å². The molecule has 1 fully saturated rings. The lowest BCUT2D eigenvalue weighted by Crippen LogP contribution is -2.31. The Hall–Kier alpha value is -1.02. The third-order valence-corrected chi connectivity index (χ3v) is 4.97. The molecule has 0 aliphatic carbocycles. The van der Waals surface area contributed by atoms with E-state index >= 15 is 0 Å². The van der Waals surface area contributed by atoms with Gasteiger partial charge in [-0.05, 0) is 31.9 Å². The molecule has 0 unspecified atom stereocenters.